The first-order valence-electron chi connectivity index (χ1n) is 7.82. The molecule has 122 valence electrons. The molecule has 1 heterocycles. The van der Waals surface area contributed by atoms with Crippen LogP contribution in [0, 0.1) is 0 Å². The summed E-state index contributed by atoms with van der Waals surface area (Å²) in [6, 6.07) is 8.18. The summed E-state index contributed by atoms with van der Waals surface area (Å²) in [7, 11) is 1.83. The van der Waals surface area contributed by atoms with Crippen LogP contribution in [0.3, 0.4) is 0 Å². The molecule has 0 bridgehead atoms. The van der Waals surface area contributed by atoms with Crippen molar-refractivity contribution >= 4 is 17.5 Å². The number of amides is 1. The number of ether oxygens (including phenoxy) is 1. The first-order chi connectivity index (χ1) is 10.3. The van der Waals surface area contributed by atoms with E-state index in [2.05, 4.69) is 11.0 Å². The van der Waals surface area contributed by atoms with Gasteiger partial charge in [-0.05, 0) is 51.8 Å². The van der Waals surface area contributed by atoms with Gasteiger partial charge in [-0.1, -0.05) is 6.07 Å². The van der Waals surface area contributed by atoms with Gasteiger partial charge in [-0.3, -0.25) is 0 Å². The van der Waals surface area contributed by atoms with Crippen LogP contribution in [0.25, 0.3) is 0 Å². The molecule has 1 aromatic carbocycles. The number of carbonyl (C=O) groups excluding carboxylic acids is 1. The van der Waals surface area contributed by atoms with Crippen molar-refractivity contribution in [2.24, 2.45) is 0 Å². The summed E-state index contributed by atoms with van der Waals surface area (Å²) in [5.74, 6) is 0. The Morgan fingerprint density at radius 2 is 1.95 bits per heavy atom. The lowest BCUT2D eigenvalue weighted by Crippen LogP contribution is -2.47. The molecule has 1 saturated heterocycles. The van der Waals surface area contributed by atoms with Gasteiger partial charge in [0.15, 0.2) is 0 Å². The number of nitrogens with two attached hydrogens (primary N) is 1. The van der Waals surface area contributed by atoms with Crippen molar-refractivity contribution in [3.8, 4) is 0 Å². The fraction of sp³-hybridized carbons (Fsp3) is 0.588. The molecule has 0 unspecified atom stereocenters. The summed E-state index contributed by atoms with van der Waals surface area (Å²) in [6.45, 7) is 7.51. The Kier molecular flexibility index (Phi) is 4.84. The van der Waals surface area contributed by atoms with Gasteiger partial charge in [-0.25, -0.2) is 4.79 Å². The van der Waals surface area contributed by atoms with Gasteiger partial charge in [0.1, 0.15) is 5.60 Å². The van der Waals surface area contributed by atoms with Crippen molar-refractivity contribution in [3.63, 3.8) is 0 Å². The zero-order valence-corrected chi connectivity index (χ0v) is 14.0. The summed E-state index contributed by atoms with van der Waals surface area (Å²) in [6.07, 6.45) is 1.63. The SMILES string of the molecule is CN(C(=O)OC(C)(C)C)C1CCN(c2cccc(N)c2)CC1. The van der Waals surface area contributed by atoms with Crippen LogP contribution in [0.5, 0.6) is 0 Å². The lowest BCUT2D eigenvalue weighted by Gasteiger charge is -2.38. The second-order valence-electron chi connectivity index (χ2n) is 6.90. The molecule has 1 fully saturated rings. The van der Waals surface area contributed by atoms with Crippen LogP contribution >= 0.6 is 0 Å². The molecule has 2 N–H and O–H groups in total. The third-order valence-corrected chi connectivity index (χ3v) is 3.93. The number of carbonyl (C=O) groups is 1. The van der Waals surface area contributed by atoms with Gasteiger partial charge in [0.25, 0.3) is 0 Å². The Balaban J connectivity index is 1.90. The molecule has 2 rings (SSSR count). The van der Waals surface area contributed by atoms with Crippen LogP contribution in [-0.4, -0.2) is 42.8 Å². The highest BCUT2D eigenvalue weighted by atomic mass is 16.6. The molecule has 1 aliphatic rings. The van der Waals surface area contributed by atoms with Crippen LogP contribution in [0.4, 0.5) is 16.2 Å². The maximum absolute atomic E-state index is 12.1. The Hall–Kier alpha value is -1.91. The number of hydrogen-bond donors (Lipinski definition) is 1. The molecule has 22 heavy (non-hydrogen) atoms. The second-order valence-corrected chi connectivity index (χ2v) is 6.90. The molecule has 1 aromatic rings. The zero-order valence-electron chi connectivity index (χ0n) is 14.0. The van der Waals surface area contributed by atoms with Crippen molar-refractivity contribution < 1.29 is 9.53 Å². The van der Waals surface area contributed by atoms with E-state index in [0.29, 0.717) is 0 Å². The minimum absolute atomic E-state index is 0.229. The maximum atomic E-state index is 12.1. The van der Waals surface area contributed by atoms with E-state index in [1.54, 1.807) is 4.90 Å². The minimum atomic E-state index is -0.451. The van der Waals surface area contributed by atoms with Gasteiger partial charge in [0, 0.05) is 37.6 Å². The smallest absolute Gasteiger partial charge is 0.410 e. The van der Waals surface area contributed by atoms with Crippen LogP contribution < -0.4 is 10.6 Å². The average Bonchev–Trinajstić information content (AvgIpc) is 2.45. The lowest BCUT2D eigenvalue weighted by atomic mass is 10.0. The van der Waals surface area contributed by atoms with Crippen molar-refractivity contribution in [3.05, 3.63) is 24.3 Å². The van der Waals surface area contributed by atoms with Gasteiger partial charge in [0.2, 0.25) is 0 Å². The highest BCUT2D eigenvalue weighted by molar-refractivity contribution is 5.68. The number of piperidine rings is 1. The number of nitrogens with zero attached hydrogens (tertiary/aromatic N) is 2. The Morgan fingerprint density at radius 1 is 1.32 bits per heavy atom. The minimum Gasteiger partial charge on any atom is -0.444 e. The fourth-order valence-electron chi connectivity index (χ4n) is 2.72. The van der Waals surface area contributed by atoms with Gasteiger partial charge in [-0.2, -0.15) is 0 Å². The number of anilines is 2. The third-order valence-electron chi connectivity index (χ3n) is 3.93. The lowest BCUT2D eigenvalue weighted by molar-refractivity contribution is 0.0201. The Labute approximate surface area is 133 Å². The molecule has 0 atom stereocenters. The number of rotatable bonds is 2. The van der Waals surface area contributed by atoms with Crippen LogP contribution in [0.1, 0.15) is 33.6 Å². The monoisotopic (exact) mass is 305 g/mol. The molecular weight excluding hydrogens is 278 g/mol. The highest BCUT2D eigenvalue weighted by Crippen LogP contribution is 2.24. The van der Waals surface area contributed by atoms with Crippen molar-refractivity contribution in [1.29, 1.82) is 0 Å². The average molecular weight is 305 g/mol. The third kappa shape index (κ3) is 4.29. The second kappa shape index (κ2) is 6.46. The molecule has 5 heteroatoms. The Morgan fingerprint density at radius 3 is 2.50 bits per heavy atom. The molecule has 0 spiro atoms. The largest absolute Gasteiger partial charge is 0.444 e. The standard InChI is InChI=1S/C17H27N3O2/c1-17(2,3)22-16(21)19(4)14-8-10-20(11-9-14)15-7-5-6-13(18)12-15/h5-7,12,14H,8-11,18H2,1-4H3. The summed E-state index contributed by atoms with van der Waals surface area (Å²) in [5, 5.41) is 0. The molecule has 0 aliphatic carbocycles. The summed E-state index contributed by atoms with van der Waals surface area (Å²) >= 11 is 0. The van der Waals surface area contributed by atoms with E-state index >= 15 is 0 Å². The van der Waals surface area contributed by atoms with Crippen molar-refractivity contribution in [1.82, 2.24) is 4.90 Å². The van der Waals surface area contributed by atoms with E-state index in [-0.39, 0.29) is 12.1 Å². The maximum Gasteiger partial charge on any atom is 0.410 e. The van der Waals surface area contributed by atoms with E-state index in [0.717, 1.165) is 37.3 Å². The van der Waals surface area contributed by atoms with Gasteiger partial charge >= 0.3 is 6.09 Å². The van der Waals surface area contributed by atoms with Crippen LogP contribution in [0.15, 0.2) is 24.3 Å². The van der Waals surface area contributed by atoms with Crippen molar-refractivity contribution in [2.75, 3.05) is 30.8 Å². The molecule has 0 aromatic heterocycles. The van der Waals surface area contributed by atoms with Crippen LogP contribution in [0.2, 0.25) is 0 Å². The molecule has 5 nitrogen and oxygen atoms in total. The molecule has 0 radical (unpaired) electrons. The van der Waals surface area contributed by atoms with Gasteiger partial charge in [-0.15, -0.1) is 0 Å². The fourth-order valence-corrected chi connectivity index (χ4v) is 2.72. The predicted molar refractivity (Wildman–Crippen MR) is 90.1 cm³/mol. The summed E-state index contributed by atoms with van der Waals surface area (Å²) < 4.78 is 5.44. The molecular formula is C17H27N3O2. The quantitative estimate of drug-likeness (QED) is 0.853. The van der Waals surface area contributed by atoms with E-state index < -0.39 is 5.60 Å². The number of benzene rings is 1. The molecule has 1 aliphatic heterocycles. The highest BCUT2D eigenvalue weighted by Gasteiger charge is 2.28. The van der Waals surface area contributed by atoms with Crippen molar-refractivity contribution in [2.45, 2.75) is 45.3 Å². The van der Waals surface area contributed by atoms with E-state index in [1.165, 1.54) is 0 Å². The molecule has 1 amide bonds. The topological polar surface area (TPSA) is 58.8 Å². The predicted octanol–water partition coefficient (Wildman–Crippen LogP) is 3.10. The summed E-state index contributed by atoms with van der Waals surface area (Å²) in [5.41, 5.74) is 7.33. The zero-order chi connectivity index (χ0) is 16.3. The summed E-state index contributed by atoms with van der Waals surface area (Å²) in [4.78, 5) is 16.2. The Bertz CT molecular complexity index is 517. The van der Waals surface area contributed by atoms with E-state index in [4.69, 9.17) is 10.5 Å². The van der Waals surface area contributed by atoms with E-state index in [9.17, 15) is 4.79 Å². The first-order valence-corrected chi connectivity index (χ1v) is 7.82. The van der Waals surface area contributed by atoms with Gasteiger partial charge in [0.05, 0.1) is 0 Å². The normalized spacial score (nSPS) is 16.5. The molecule has 0 saturated carbocycles. The van der Waals surface area contributed by atoms with Crippen LogP contribution in [-0.2, 0) is 4.74 Å². The first kappa shape index (κ1) is 16.5. The van der Waals surface area contributed by atoms with E-state index in [1.807, 2.05) is 46.0 Å². The number of nitrogen functional groups attached to an aromatic ring is 1. The van der Waals surface area contributed by atoms with Gasteiger partial charge < -0.3 is 20.3 Å². The number of hydrogen-bond acceptors (Lipinski definition) is 4.